The standard InChI is InChI=1S/C14H17N3O2/c1-18-9-3-6-13-16-14(19-17-13)8-7-11-4-2-5-12(15)10-11/h2,4-5,7-8,10H,3,6,9,15H2,1H3/b8-7+. The van der Waals surface area contributed by atoms with Crippen LogP contribution in [0, 0.1) is 0 Å². The zero-order valence-electron chi connectivity index (χ0n) is 10.9. The predicted octanol–water partition coefficient (Wildman–Crippen LogP) is 2.40. The summed E-state index contributed by atoms with van der Waals surface area (Å²) in [5.41, 5.74) is 7.43. The number of nitrogen functional groups attached to an aromatic ring is 1. The lowest BCUT2D eigenvalue weighted by Gasteiger charge is -1.94. The molecule has 2 rings (SSSR count). The molecule has 0 amide bonds. The van der Waals surface area contributed by atoms with Crippen molar-refractivity contribution < 1.29 is 9.26 Å². The van der Waals surface area contributed by atoms with Gasteiger partial charge in [0.2, 0.25) is 0 Å². The van der Waals surface area contributed by atoms with Crippen LogP contribution in [-0.4, -0.2) is 23.9 Å². The van der Waals surface area contributed by atoms with E-state index in [4.69, 9.17) is 15.0 Å². The number of benzene rings is 1. The van der Waals surface area contributed by atoms with Gasteiger partial charge in [0.15, 0.2) is 5.82 Å². The lowest BCUT2D eigenvalue weighted by molar-refractivity contribution is 0.194. The Labute approximate surface area is 112 Å². The van der Waals surface area contributed by atoms with E-state index in [2.05, 4.69) is 10.1 Å². The van der Waals surface area contributed by atoms with Gasteiger partial charge in [-0.25, -0.2) is 0 Å². The number of nitrogens with zero attached hydrogens (tertiary/aromatic N) is 2. The van der Waals surface area contributed by atoms with Crippen LogP contribution in [0.2, 0.25) is 0 Å². The molecule has 19 heavy (non-hydrogen) atoms. The third kappa shape index (κ3) is 4.22. The average molecular weight is 259 g/mol. The number of hydrogen-bond donors (Lipinski definition) is 1. The van der Waals surface area contributed by atoms with Gasteiger partial charge in [0.25, 0.3) is 5.89 Å². The van der Waals surface area contributed by atoms with Crippen LogP contribution in [0.25, 0.3) is 12.2 Å². The Morgan fingerprint density at radius 3 is 3.05 bits per heavy atom. The van der Waals surface area contributed by atoms with Crippen LogP contribution in [0.4, 0.5) is 5.69 Å². The van der Waals surface area contributed by atoms with Crippen LogP contribution in [-0.2, 0) is 11.2 Å². The summed E-state index contributed by atoms with van der Waals surface area (Å²) in [5.74, 6) is 1.19. The number of hydrogen-bond acceptors (Lipinski definition) is 5. The molecule has 0 fully saturated rings. The second kappa shape index (κ2) is 6.70. The van der Waals surface area contributed by atoms with Crippen molar-refractivity contribution in [2.75, 3.05) is 19.5 Å². The van der Waals surface area contributed by atoms with Gasteiger partial charge in [0.05, 0.1) is 0 Å². The quantitative estimate of drug-likeness (QED) is 0.637. The van der Waals surface area contributed by atoms with Crippen LogP contribution in [0.3, 0.4) is 0 Å². The molecule has 0 radical (unpaired) electrons. The lowest BCUT2D eigenvalue weighted by atomic mass is 10.2. The molecular weight excluding hydrogens is 242 g/mol. The molecule has 0 aliphatic heterocycles. The summed E-state index contributed by atoms with van der Waals surface area (Å²) in [4.78, 5) is 4.27. The SMILES string of the molecule is COCCCc1noc(/C=C/c2cccc(N)c2)n1. The first-order valence-electron chi connectivity index (χ1n) is 6.13. The Morgan fingerprint density at radius 2 is 2.26 bits per heavy atom. The van der Waals surface area contributed by atoms with Crippen LogP contribution >= 0.6 is 0 Å². The van der Waals surface area contributed by atoms with Crippen molar-refractivity contribution in [3.8, 4) is 0 Å². The number of ether oxygens (including phenoxy) is 1. The van der Waals surface area contributed by atoms with E-state index in [1.807, 2.05) is 30.3 Å². The second-order valence-corrected chi connectivity index (χ2v) is 4.15. The third-order valence-corrected chi connectivity index (χ3v) is 2.56. The first kappa shape index (κ1) is 13.3. The molecule has 2 aromatic rings. The Morgan fingerprint density at radius 1 is 1.37 bits per heavy atom. The molecule has 1 heterocycles. The molecule has 2 N–H and O–H groups in total. The molecule has 0 saturated heterocycles. The van der Waals surface area contributed by atoms with Crippen molar-refractivity contribution >= 4 is 17.8 Å². The smallest absolute Gasteiger partial charge is 0.250 e. The van der Waals surface area contributed by atoms with E-state index in [1.54, 1.807) is 13.2 Å². The number of aryl methyl sites for hydroxylation is 1. The minimum Gasteiger partial charge on any atom is -0.399 e. The fraction of sp³-hybridized carbons (Fsp3) is 0.286. The fourth-order valence-electron chi connectivity index (χ4n) is 1.64. The molecule has 1 aromatic carbocycles. The molecule has 0 spiro atoms. The van der Waals surface area contributed by atoms with Crippen molar-refractivity contribution in [3.05, 3.63) is 41.5 Å². The van der Waals surface area contributed by atoms with Gasteiger partial charge in [-0.2, -0.15) is 4.98 Å². The zero-order chi connectivity index (χ0) is 13.5. The molecular formula is C14H17N3O2. The summed E-state index contributed by atoms with van der Waals surface area (Å²) in [5, 5.41) is 3.90. The zero-order valence-corrected chi connectivity index (χ0v) is 10.9. The van der Waals surface area contributed by atoms with Gasteiger partial charge in [-0.15, -0.1) is 0 Å². The minimum atomic E-state index is 0.495. The molecule has 0 aliphatic rings. The first-order valence-corrected chi connectivity index (χ1v) is 6.13. The maximum Gasteiger partial charge on any atom is 0.250 e. The van der Waals surface area contributed by atoms with Crippen LogP contribution in [0.5, 0.6) is 0 Å². The maximum absolute atomic E-state index is 5.70. The Balaban J connectivity index is 1.95. The van der Waals surface area contributed by atoms with Gasteiger partial charge in [0, 0.05) is 31.9 Å². The van der Waals surface area contributed by atoms with Gasteiger partial charge in [0.1, 0.15) is 0 Å². The van der Waals surface area contributed by atoms with E-state index in [0.717, 1.165) is 24.1 Å². The molecule has 5 nitrogen and oxygen atoms in total. The highest BCUT2D eigenvalue weighted by Gasteiger charge is 2.02. The molecule has 0 aliphatic carbocycles. The molecule has 0 atom stereocenters. The number of nitrogens with two attached hydrogens (primary N) is 1. The summed E-state index contributed by atoms with van der Waals surface area (Å²) in [6, 6.07) is 7.59. The molecule has 0 saturated carbocycles. The maximum atomic E-state index is 5.70. The van der Waals surface area contributed by atoms with Gasteiger partial charge < -0.3 is 15.0 Å². The minimum absolute atomic E-state index is 0.495. The molecule has 1 aromatic heterocycles. The van der Waals surface area contributed by atoms with E-state index in [-0.39, 0.29) is 0 Å². The highest BCUT2D eigenvalue weighted by Crippen LogP contribution is 2.10. The average Bonchev–Trinajstić information content (AvgIpc) is 2.85. The summed E-state index contributed by atoms with van der Waals surface area (Å²) in [7, 11) is 1.68. The highest BCUT2D eigenvalue weighted by atomic mass is 16.5. The normalized spacial score (nSPS) is 11.2. The molecule has 0 bridgehead atoms. The van der Waals surface area contributed by atoms with Gasteiger partial charge >= 0.3 is 0 Å². The second-order valence-electron chi connectivity index (χ2n) is 4.15. The number of anilines is 1. The predicted molar refractivity (Wildman–Crippen MR) is 74.3 cm³/mol. The van der Waals surface area contributed by atoms with Gasteiger partial charge in [-0.3, -0.25) is 0 Å². The third-order valence-electron chi connectivity index (χ3n) is 2.56. The van der Waals surface area contributed by atoms with Crippen molar-refractivity contribution in [2.45, 2.75) is 12.8 Å². The van der Waals surface area contributed by atoms with Crippen molar-refractivity contribution in [3.63, 3.8) is 0 Å². The van der Waals surface area contributed by atoms with Crippen molar-refractivity contribution in [1.29, 1.82) is 0 Å². The lowest BCUT2D eigenvalue weighted by Crippen LogP contribution is -1.94. The Hall–Kier alpha value is -2.14. The van der Waals surface area contributed by atoms with E-state index >= 15 is 0 Å². The Kier molecular flexibility index (Phi) is 4.69. The van der Waals surface area contributed by atoms with Gasteiger partial charge in [-0.1, -0.05) is 17.3 Å². The van der Waals surface area contributed by atoms with Crippen molar-refractivity contribution in [2.24, 2.45) is 0 Å². The summed E-state index contributed by atoms with van der Waals surface area (Å²) in [6.45, 7) is 0.697. The monoisotopic (exact) mass is 259 g/mol. The van der Waals surface area contributed by atoms with E-state index in [1.165, 1.54) is 0 Å². The number of methoxy groups -OCH3 is 1. The van der Waals surface area contributed by atoms with Crippen molar-refractivity contribution in [1.82, 2.24) is 10.1 Å². The summed E-state index contributed by atoms with van der Waals surface area (Å²) < 4.78 is 10.1. The molecule has 0 unspecified atom stereocenters. The fourth-order valence-corrected chi connectivity index (χ4v) is 1.64. The Bertz CT molecular complexity index is 549. The van der Waals surface area contributed by atoms with Crippen LogP contribution < -0.4 is 5.73 Å². The van der Waals surface area contributed by atoms with E-state index in [9.17, 15) is 0 Å². The molecule has 100 valence electrons. The molecule has 5 heteroatoms. The number of aromatic nitrogens is 2. The highest BCUT2D eigenvalue weighted by molar-refractivity contribution is 5.67. The van der Waals surface area contributed by atoms with E-state index < -0.39 is 0 Å². The summed E-state index contributed by atoms with van der Waals surface area (Å²) >= 11 is 0. The van der Waals surface area contributed by atoms with Gasteiger partial charge in [-0.05, 0) is 30.2 Å². The topological polar surface area (TPSA) is 74.2 Å². The largest absolute Gasteiger partial charge is 0.399 e. The van der Waals surface area contributed by atoms with Crippen LogP contribution in [0.15, 0.2) is 28.8 Å². The van der Waals surface area contributed by atoms with E-state index in [0.29, 0.717) is 18.3 Å². The number of rotatable bonds is 6. The first-order chi connectivity index (χ1) is 9.28. The summed E-state index contributed by atoms with van der Waals surface area (Å²) in [6.07, 6.45) is 5.31. The van der Waals surface area contributed by atoms with Crippen LogP contribution in [0.1, 0.15) is 23.7 Å².